The summed E-state index contributed by atoms with van der Waals surface area (Å²) in [5, 5.41) is 17.7. The molecular formula is C38H52N8O9S. The molecule has 56 heavy (non-hydrogen) atoms. The van der Waals surface area contributed by atoms with E-state index < -0.39 is 23.8 Å². The molecule has 4 aliphatic heterocycles. The number of benzene rings is 1. The number of amides is 7. The SMILES string of the molecule is O=C(CCCC[C@@H]1SC[C@@H]2NC(=O)N[C@@H]21)NCCCOCCOCCOCCCn1cc(CCCN2C(=O)CCC(N3C(=O)c4ccccc4C3=O)C2=O)nn1. The minimum Gasteiger partial charge on any atom is -0.379 e. The zero-order chi connectivity index (χ0) is 39.3. The Bertz CT molecular complexity index is 1670. The van der Waals surface area contributed by atoms with Gasteiger partial charge in [0, 0.05) is 62.9 Å². The average molecular weight is 797 g/mol. The van der Waals surface area contributed by atoms with E-state index in [0.29, 0.717) is 77.2 Å². The van der Waals surface area contributed by atoms with Crippen LogP contribution in [0.4, 0.5) is 4.79 Å². The first-order valence-electron chi connectivity index (χ1n) is 19.7. The highest BCUT2D eigenvalue weighted by atomic mass is 32.2. The molecule has 304 valence electrons. The van der Waals surface area contributed by atoms with Crippen LogP contribution in [-0.2, 0) is 41.6 Å². The van der Waals surface area contributed by atoms with E-state index in [1.807, 2.05) is 18.0 Å². The lowest BCUT2D eigenvalue weighted by Crippen LogP contribution is -2.56. The molecule has 0 aliphatic carbocycles. The summed E-state index contributed by atoms with van der Waals surface area (Å²) in [6.07, 6.45) is 7.82. The van der Waals surface area contributed by atoms with Gasteiger partial charge in [-0.2, -0.15) is 11.8 Å². The Balaban J connectivity index is 0.723. The molecule has 1 aromatic carbocycles. The number of nitrogens with zero attached hydrogens (tertiary/aromatic N) is 5. The Morgan fingerprint density at radius 1 is 0.857 bits per heavy atom. The molecule has 4 aliphatic rings. The Hall–Kier alpha value is -4.39. The van der Waals surface area contributed by atoms with E-state index in [-0.39, 0.29) is 60.4 Å². The number of likely N-dealkylation sites (tertiary alicyclic amines) is 1. The molecule has 18 heteroatoms. The molecule has 1 aromatic heterocycles. The number of carbonyl (C=O) groups excluding carboxylic acids is 6. The van der Waals surface area contributed by atoms with Gasteiger partial charge in [-0.05, 0) is 57.1 Å². The predicted octanol–water partition coefficient (Wildman–Crippen LogP) is 1.70. The smallest absolute Gasteiger partial charge is 0.315 e. The standard InChI is InChI=1S/C38H52N8O9S/c47-32(12-4-3-11-31-34-29(25-56-31)40-38(52)41-34)39-15-6-18-53-20-22-55-23-21-54-19-7-16-44-24-26(42-43-44)8-5-17-45-33(48)14-13-30(37(45)51)46-35(49)27-9-1-2-10-28(27)36(46)50/h1-2,9-10,24,29-31,34H,3-8,11-23,25H2,(H,39,47)(H2,40,41,52)/t29-,30?,31-,34-/m0/s1. The molecule has 3 fully saturated rings. The summed E-state index contributed by atoms with van der Waals surface area (Å²) in [7, 11) is 0. The first-order valence-corrected chi connectivity index (χ1v) is 20.7. The number of ether oxygens (including phenoxy) is 3. The van der Waals surface area contributed by atoms with Gasteiger partial charge in [0.05, 0.1) is 55.3 Å². The molecule has 0 saturated carbocycles. The first kappa shape index (κ1) is 41.2. The van der Waals surface area contributed by atoms with E-state index >= 15 is 0 Å². The highest BCUT2D eigenvalue weighted by molar-refractivity contribution is 8.00. The maximum absolute atomic E-state index is 13.3. The van der Waals surface area contributed by atoms with Crippen molar-refractivity contribution in [3.8, 4) is 0 Å². The largest absolute Gasteiger partial charge is 0.379 e. The van der Waals surface area contributed by atoms with E-state index in [0.717, 1.165) is 53.4 Å². The van der Waals surface area contributed by atoms with Gasteiger partial charge >= 0.3 is 6.03 Å². The maximum atomic E-state index is 13.3. The molecule has 7 amide bonds. The molecule has 17 nitrogen and oxygen atoms in total. The van der Waals surface area contributed by atoms with Crippen molar-refractivity contribution in [2.24, 2.45) is 0 Å². The van der Waals surface area contributed by atoms with E-state index in [1.54, 1.807) is 28.9 Å². The third kappa shape index (κ3) is 10.9. The average Bonchev–Trinajstić information content (AvgIpc) is 3.96. The van der Waals surface area contributed by atoms with Gasteiger partial charge in [0.15, 0.2) is 0 Å². The number of fused-ring (bicyclic) bond motifs is 2. The third-order valence-electron chi connectivity index (χ3n) is 10.3. The zero-order valence-electron chi connectivity index (χ0n) is 31.7. The molecule has 5 heterocycles. The Labute approximate surface area is 330 Å². The molecule has 0 spiro atoms. The summed E-state index contributed by atoms with van der Waals surface area (Å²) in [6.45, 7) is 4.30. The van der Waals surface area contributed by atoms with Crippen LogP contribution >= 0.6 is 11.8 Å². The molecule has 3 saturated heterocycles. The van der Waals surface area contributed by atoms with Gasteiger partial charge in [-0.1, -0.05) is 23.8 Å². The van der Waals surface area contributed by atoms with E-state index in [9.17, 15) is 28.8 Å². The van der Waals surface area contributed by atoms with Crippen LogP contribution in [0, 0.1) is 0 Å². The number of urea groups is 1. The van der Waals surface area contributed by atoms with Gasteiger partial charge in [-0.3, -0.25) is 38.5 Å². The van der Waals surface area contributed by atoms with Crippen LogP contribution in [-0.4, -0.2) is 142 Å². The predicted molar refractivity (Wildman–Crippen MR) is 204 cm³/mol. The number of imide groups is 2. The van der Waals surface area contributed by atoms with Crippen molar-refractivity contribution < 1.29 is 43.0 Å². The second kappa shape index (κ2) is 20.7. The van der Waals surface area contributed by atoms with Crippen LogP contribution in [0.5, 0.6) is 0 Å². The Kier molecular flexibility index (Phi) is 15.2. The van der Waals surface area contributed by atoms with Gasteiger partial charge in [0.25, 0.3) is 17.7 Å². The van der Waals surface area contributed by atoms with Gasteiger partial charge < -0.3 is 30.2 Å². The Morgan fingerprint density at radius 3 is 2.32 bits per heavy atom. The lowest BCUT2D eigenvalue weighted by atomic mass is 10.0. The second-order valence-corrected chi connectivity index (χ2v) is 15.6. The number of rotatable bonds is 24. The quantitative estimate of drug-likeness (QED) is 0.0790. The fourth-order valence-corrected chi connectivity index (χ4v) is 8.95. The summed E-state index contributed by atoms with van der Waals surface area (Å²) in [5.74, 6) is -0.822. The van der Waals surface area contributed by atoms with Crippen molar-refractivity contribution in [2.45, 2.75) is 94.1 Å². The third-order valence-corrected chi connectivity index (χ3v) is 11.8. The van der Waals surface area contributed by atoms with Crippen LogP contribution in [0.15, 0.2) is 30.5 Å². The number of unbranched alkanes of at least 4 members (excludes halogenated alkanes) is 1. The number of carbonyl (C=O) groups is 6. The number of hydrogen-bond donors (Lipinski definition) is 3. The number of aryl methyl sites for hydroxylation is 2. The van der Waals surface area contributed by atoms with E-state index in [1.165, 1.54) is 0 Å². The molecular weight excluding hydrogens is 745 g/mol. The monoisotopic (exact) mass is 796 g/mol. The van der Waals surface area contributed by atoms with Gasteiger partial charge in [-0.15, -0.1) is 5.10 Å². The molecule has 0 radical (unpaired) electrons. The highest BCUT2D eigenvalue weighted by Gasteiger charge is 2.47. The fraction of sp³-hybridized carbons (Fsp3) is 0.632. The molecule has 0 bridgehead atoms. The van der Waals surface area contributed by atoms with Crippen LogP contribution < -0.4 is 16.0 Å². The zero-order valence-corrected chi connectivity index (χ0v) is 32.5. The van der Waals surface area contributed by atoms with Crippen LogP contribution in [0.25, 0.3) is 0 Å². The number of hydrogen-bond acceptors (Lipinski definition) is 12. The van der Waals surface area contributed by atoms with Gasteiger partial charge in [0.1, 0.15) is 6.04 Å². The normalized spacial score (nSPS) is 21.8. The summed E-state index contributed by atoms with van der Waals surface area (Å²) in [6, 6.07) is 5.89. The van der Waals surface area contributed by atoms with E-state index in [4.69, 9.17) is 14.2 Å². The highest BCUT2D eigenvalue weighted by Crippen LogP contribution is 2.33. The molecule has 1 unspecified atom stereocenters. The van der Waals surface area contributed by atoms with Gasteiger partial charge in [0.2, 0.25) is 11.8 Å². The minimum absolute atomic E-state index is 0.0622. The lowest BCUT2D eigenvalue weighted by Gasteiger charge is -2.34. The van der Waals surface area contributed by atoms with Crippen molar-refractivity contribution in [3.63, 3.8) is 0 Å². The Morgan fingerprint density at radius 2 is 1.57 bits per heavy atom. The van der Waals surface area contributed by atoms with Gasteiger partial charge in [-0.25, -0.2) is 4.79 Å². The summed E-state index contributed by atoms with van der Waals surface area (Å²) >= 11 is 1.90. The fourth-order valence-electron chi connectivity index (χ4n) is 7.40. The van der Waals surface area contributed by atoms with Crippen LogP contribution in [0.1, 0.15) is 84.2 Å². The molecule has 3 N–H and O–H groups in total. The topological polar surface area (TPSA) is 203 Å². The van der Waals surface area contributed by atoms with Crippen LogP contribution in [0.2, 0.25) is 0 Å². The lowest BCUT2D eigenvalue weighted by molar-refractivity contribution is -0.151. The number of aromatic nitrogens is 3. The molecule has 4 atom stereocenters. The van der Waals surface area contributed by atoms with Crippen molar-refractivity contribution in [1.82, 2.24) is 40.7 Å². The van der Waals surface area contributed by atoms with Crippen molar-refractivity contribution in [1.29, 1.82) is 0 Å². The van der Waals surface area contributed by atoms with Crippen molar-refractivity contribution in [2.75, 3.05) is 58.5 Å². The molecule has 2 aromatic rings. The number of piperidine rings is 1. The number of nitrogens with one attached hydrogen (secondary N) is 3. The second-order valence-electron chi connectivity index (χ2n) is 14.3. The summed E-state index contributed by atoms with van der Waals surface area (Å²) < 4.78 is 18.5. The molecule has 6 rings (SSSR count). The van der Waals surface area contributed by atoms with E-state index in [2.05, 4.69) is 26.3 Å². The maximum Gasteiger partial charge on any atom is 0.315 e. The summed E-state index contributed by atoms with van der Waals surface area (Å²) in [5.41, 5.74) is 1.29. The first-order chi connectivity index (χ1) is 27.3. The van der Waals surface area contributed by atoms with Crippen molar-refractivity contribution >= 4 is 47.3 Å². The van der Waals surface area contributed by atoms with Crippen LogP contribution in [0.3, 0.4) is 0 Å². The number of thioether (sulfide) groups is 1. The summed E-state index contributed by atoms with van der Waals surface area (Å²) in [4.78, 5) is 77.6. The minimum atomic E-state index is -0.993. The van der Waals surface area contributed by atoms with Crippen molar-refractivity contribution in [3.05, 3.63) is 47.3 Å².